The van der Waals surface area contributed by atoms with Crippen molar-refractivity contribution in [3.63, 3.8) is 0 Å². The van der Waals surface area contributed by atoms with Crippen LogP contribution in [0.1, 0.15) is 10.5 Å². The number of aromatic nitrogens is 2. The molecule has 0 aliphatic rings. The number of methoxy groups -OCH3 is 3. The predicted octanol–water partition coefficient (Wildman–Crippen LogP) is 3.15. The zero-order valence-corrected chi connectivity index (χ0v) is 14.3. The summed E-state index contributed by atoms with van der Waals surface area (Å²) in [5.41, 5.74) is 0.680. The first-order valence-corrected chi connectivity index (χ1v) is 7.55. The SMILES string of the molecule is COc1cc(Oc2nc3ccccc3nc2C(=O)O)cc(OC)c1OC. The molecule has 0 atom stereocenters. The topological polar surface area (TPSA) is 100 Å². The van der Waals surface area contributed by atoms with Crippen LogP contribution in [0.3, 0.4) is 0 Å². The summed E-state index contributed by atoms with van der Waals surface area (Å²) >= 11 is 0. The molecule has 3 rings (SSSR count). The summed E-state index contributed by atoms with van der Waals surface area (Å²) in [6.07, 6.45) is 0. The van der Waals surface area contributed by atoms with E-state index in [1.165, 1.54) is 21.3 Å². The Morgan fingerprint density at radius 2 is 1.50 bits per heavy atom. The first-order valence-electron chi connectivity index (χ1n) is 7.55. The van der Waals surface area contributed by atoms with Crippen molar-refractivity contribution in [1.29, 1.82) is 0 Å². The number of carboxylic acid groups (broad SMARTS) is 1. The molecule has 3 aromatic rings. The zero-order chi connectivity index (χ0) is 18.7. The van der Waals surface area contributed by atoms with Crippen molar-refractivity contribution >= 4 is 17.0 Å². The van der Waals surface area contributed by atoms with Crippen LogP contribution in [-0.2, 0) is 0 Å². The lowest BCUT2D eigenvalue weighted by atomic mass is 10.2. The van der Waals surface area contributed by atoms with Gasteiger partial charge in [0, 0.05) is 12.1 Å². The van der Waals surface area contributed by atoms with E-state index in [-0.39, 0.29) is 17.3 Å². The maximum Gasteiger partial charge on any atom is 0.360 e. The molecule has 8 nitrogen and oxygen atoms in total. The number of nitrogens with zero attached hydrogens (tertiary/aromatic N) is 2. The van der Waals surface area contributed by atoms with Crippen molar-refractivity contribution in [2.24, 2.45) is 0 Å². The lowest BCUT2D eigenvalue weighted by Crippen LogP contribution is -2.06. The van der Waals surface area contributed by atoms with Gasteiger partial charge in [0.1, 0.15) is 5.75 Å². The number of ether oxygens (including phenoxy) is 4. The minimum Gasteiger partial charge on any atom is -0.493 e. The molecule has 0 saturated heterocycles. The van der Waals surface area contributed by atoms with Crippen molar-refractivity contribution in [3.05, 3.63) is 42.1 Å². The highest BCUT2D eigenvalue weighted by Crippen LogP contribution is 2.42. The number of para-hydroxylation sites is 2. The van der Waals surface area contributed by atoms with Crippen LogP contribution in [0, 0.1) is 0 Å². The van der Waals surface area contributed by atoms with Gasteiger partial charge in [0.15, 0.2) is 11.5 Å². The van der Waals surface area contributed by atoms with Gasteiger partial charge in [0.05, 0.1) is 32.4 Å². The van der Waals surface area contributed by atoms with Gasteiger partial charge in [0.25, 0.3) is 5.88 Å². The van der Waals surface area contributed by atoms with Crippen LogP contribution >= 0.6 is 0 Å². The molecule has 1 N–H and O–H groups in total. The Morgan fingerprint density at radius 1 is 0.923 bits per heavy atom. The van der Waals surface area contributed by atoms with Gasteiger partial charge in [-0.05, 0) is 12.1 Å². The summed E-state index contributed by atoms with van der Waals surface area (Å²) in [7, 11) is 4.43. The molecular formula is C18H16N2O6. The summed E-state index contributed by atoms with van der Waals surface area (Å²) in [6.45, 7) is 0. The average Bonchev–Trinajstić information content (AvgIpc) is 2.66. The Morgan fingerprint density at radius 3 is 2.00 bits per heavy atom. The van der Waals surface area contributed by atoms with Crippen LogP contribution in [0.2, 0.25) is 0 Å². The number of hydrogen-bond donors (Lipinski definition) is 1. The van der Waals surface area contributed by atoms with Gasteiger partial charge < -0.3 is 24.1 Å². The van der Waals surface area contributed by atoms with Gasteiger partial charge >= 0.3 is 5.97 Å². The Hall–Kier alpha value is -3.55. The molecule has 0 aliphatic carbocycles. The Balaban J connectivity index is 2.11. The molecule has 0 aliphatic heterocycles. The second-order valence-corrected chi connectivity index (χ2v) is 5.13. The summed E-state index contributed by atoms with van der Waals surface area (Å²) in [5, 5.41) is 9.43. The average molecular weight is 356 g/mol. The smallest absolute Gasteiger partial charge is 0.360 e. The highest BCUT2D eigenvalue weighted by atomic mass is 16.5. The fourth-order valence-corrected chi connectivity index (χ4v) is 2.42. The highest BCUT2D eigenvalue weighted by Gasteiger charge is 2.20. The number of carbonyl (C=O) groups is 1. The normalized spacial score (nSPS) is 10.4. The first-order chi connectivity index (χ1) is 12.6. The molecule has 0 spiro atoms. The molecule has 1 heterocycles. The van der Waals surface area contributed by atoms with Gasteiger partial charge in [-0.3, -0.25) is 0 Å². The lowest BCUT2D eigenvalue weighted by molar-refractivity contribution is 0.0687. The molecule has 26 heavy (non-hydrogen) atoms. The van der Waals surface area contributed by atoms with E-state index in [0.717, 1.165) is 0 Å². The standard InChI is InChI=1S/C18H16N2O6/c1-23-13-8-10(9-14(24-2)16(13)25-3)26-17-15(18(21)22)19-11-6-4-5-7-12(11)20-17/h4-9H,1-3H3,(H,21,22). The summed E-state index contributed by atoms with van der Waals surface area (Å²) in [5.74, 6) is 0.0214. The van der Waals surface area contributed by atoms with E-state index in [0.29, 0.717) is 28.3 Å². The summed E-state index contributed by atoms with van der Waals surface area (Å²) in [4.78, 5) is 19.9. The van der Waals surface area contributed by atoms with Crippen LogP contribution in [0.15, 0.2) is 36.4 Å². The van der Waals surface area contributed by atoms with E-state index in [9.17, 15) is 9.90 Å². The van der Waals surface area contributed by atoms with Gasteiger partial charge in [-0.1, -0.05) is 12.1 Å². The molecule has 1 aromatic heterocycles. The van der Waals surface area contributed by atoms with E-state index in [1.807, 2.05) is 0 Å². The second kappa shape index (κ2) is 7.14. The molecular weight excluding hydrogens is 340 g/mol. The number of fused-ring (bicyclic) bond motifs is 1. The third-order valence-electron chi connectivity index (χ3n) is 3.59. The zero-order valence-electron chi connectivity index (χ0n) is 14.3. The van der Waals surface area contributed by atoms with Gasteiger partial charge in [-0.25, -0.2) is 14.8 Å². The fraction of sp³-hybridized carbons (Fsp3) is 0.167. The molecule has 0 bridgehead atoms. The minimum atomic E-state index is -1.24. The molecule has 0 saturated carbocycles. The van der Waals surface area contributed by atoms with Crippen molar-refractivity contribution in [2.45, 2.75) is 0 Å². The number of rotatable bonds is 6. The third kappa shape index (κ3) is 3.16. The maximum absolute atomic E-state index is 11.6. The van der Waals surface area contributed by atoms with E-state index in [2.05, 4.69) is 9.97 Å². The fourth-order valence-electron chi connectivity index (χ4n) is 2.42. The second-order valence-electron chi connectivity index (χ2n) is 5.13. The quantitative estimate of drug-likeness (QED) is 0.719. The monoisotopic (exact) mass is 356 g/mol. The maximum atomic E-state index is 11.6. The predicted molar refractivity (Wildman–Crippen MR) is 92.7 cm³/mol. The number of benzene rings is 2. The molecule has 8 heteroatoms. The Kier molecular flexibility index (Phi) is 4.74. The van der Waals surface area contributed by atoms with Crippen molar-refractivity contribution in [1.82, 2.24) is 9.97 Å². The van der Waals surface area contributed by atoms with Crippen LogP contribution in [0.4, 0.5) is 0 Å². The van der Waals surface area contributed by atoms with Crippen molar-refractivity contribution < 1.29 is 28.8 Å². The molecule has 0 fully saturated rings. The summed E-state index contributed by atoms with van der Waals surface area (Å²) in [6, 6.07) is 10.0. The van der Waals surface area contributed by atoms with Crippen molar-refractivity contribution in [2.75, 3.05) is 21.3 Å². The van der Waals surface area contributed by atoms with Gasteiger partial charge in [0.2, 0.25) is 11.4 Å². The Bertz CT molecular complexity index is 948. The summed E-state index contributed by atoms with van der Waals surface area (Å²) < 4.78 is 21.5. The third-order valence-corrected chi connectivity index (χ3v) is 3.59. The highest BCUT2D eigenvalue weighted by molar-refractivity contribution is 5.91. The van der Waals surface area contributed by atoms with Gasteiger partial charge in [-0.15, -0.1) is 0 Å². The minimum absolute atomic E-state index is 0.134. The molecule has 134 valence electrons. The van der Waals surface area contributed by atoms with E-state index in [1.54, 1.807) is 36.4 Å². The van der Waals surface area contributed by atoms with Crippen LogP contribution in [0.5, 0.6) is 28.9 Å². The lowest BCUT2D eigenvalue weighted by Gasteiger charge is -2.14. The van der Waals surface area contributed by atoms with Crippen LogP contribution in [-0.4, -0.2) is 42.4 Å². The molecule has 0 amide bonds. The van der Waals surface area contributed by atoms with Crippen LogP contribution < -0.4 is 18.9 Å². The van der Waals surface area contributed by atoms with Gasteiger partial charge in [-0.2, -0.15) is 0 Å². The van der Waals surface area contributed by atoms with Crippen molar-refractivity contribution in [3.8, 4) is 28.9 Å². The van der Waals surface area contributed by atoms with E-state index >= 15 is 0 Å². The van der Waals surface area contributed by atoms with E-state index in [4.69, 9.17) is 18.9 Å². The van der Waals surface area contributed by atoms with Crippen LogP contribution in [0.25, 0.3) is 11.0 Å². The largest absolute Gasteiger partial charge is 0.493 e. The molecule has 0 unspecified atom stereocenters. The van der Waals surface area contributed by atoms with E-state index < -0.39 is 5.97 Å². The Labute approximate surface area is 148 Å². The number of hydrogen-bond acceptors (Lipinski definition) is 7. The molecule has 0 radical (unpaired) electrons. The molecule has 2 aromatic carbocycles. The number of carboxylic acids is 1. The first kappa shape index (κ1) is 17.3. The number of aromatic carboxylic acids is 1.